The van der Waals surface area contributed by atoms with Crippen molar-refractivity contribution in [2.45, 2.75) is 25.9 Å². The van der Waals surface area contributed by atoms with Gasteiger partial charge >= 0.3 is 0 Å². The second-order valence-corrected chi connectivity index (χ2v) is 12.1. The smallest absolute Gasteiger partial charge is 0.244 e. The van der Waals surface area contributed by atoms with Crippen LogP contribution in [-0.2, 0) is 32.6 Å². The van der Waals surface area contributed by atoms with Gasteiger partial charge in [-0.15, -0.1) is 0 Å². The third-order valence-electron chi connectivity index (χ3n) is 6.05. The molecule has 0 aromatic heterocycles. The summed E-state index contributed by atoms with van der Waals surface area (Å²) in [5.41, 5.74) is 1.51. The first-order chi connectivity index (χ1) is 18.9. The standard InChI is InChI=1S/C28H30Cl3N3O5S/c1-4-32-28(36)26(14-19-9-6-5-7-10-19)33(17-20-11-8-12-21(13-20)39-2)27(35)18-34(40(3,37)38)25-16-23(30)22(29)15-24(25)31/h5-13,15-16,26H,4,14,17-18H2,1-3H3,(H,32,36)/t26-/m1/s1. The molecule has 214 valence electrons. The van der Waals surface area contributed by atoms with Crippen molar-refractivity contribution in [3.63, 3.8) is 0 Å². The summed E-state index contributed by atoms with van der Waals surface area (Å²) in [4.78, 5) is 28.8. The van der Waals surface area contributed by atoms with E-state index < -0.39 is 28.5 Å². The van der Waals surface area contributed by atoms with E-state index in [9.17, 15) is 18.0 Å². The largest absolute Gasteiger partial charge is 0.497 e. The van der Waals surface area contributed by atoms with Crippen LogP contribution in [0, 0.1) is 0 Å². The third-order valence-corrected chi connectivity index (χ3v) is 8.20. The Bertz CT molecular complexity index is 1450. The van der Waals surface area contributed by atoms with Crippen molar-refractivity contribution in [2.75, 3.05) is 30.8 Å². The van der Waals surface area contributed by atoms with Crippen molar-refractivity contribution >= 4 is 62.3 Å². The van der Waals surface area contributed by atoms with Crippen molar-refractivity contribution in [2.24, 2.45) is 0 Å². The molecule has 0 aliphatic heterocycles. The normalized spacial score (nSPS) is 11.9. The van der Waals surface area contributed by atoms with Crippen LogP contribution >= 0.6 is 34.8 Å². The van der Waals surface area contributed by atoms with Gasteiger partial charge in [-0.2, -0.15) is 0 Å². The Labute approximate surface area is 249 Å². The molecule has 0 bridgehead atoms. The lowest BCUT2D eigenvalue weighted by Gasteiger charge is -2.33. The second-order valence-electron chi connectivity index (χ2n) is 8.96. The Kier molecular flexibility index (Phi) is 11.1. The van der Waals surface area contributed by atoms with Gasteiger partial charge in [0.1, 0.15) is 18.3 Å². The first kappa shape index (κ1) is 31.5. The summed E-state index contributed by atoms with van der Waals surface area (Å²) in [7, 11) is -2.49. The number of halogens is 3. The molecule has 0 saturated carbocycles. The number of nitrogens with one attached hydrogen (secondary N) is 1. The van der Waals surface area contributed by atoms with Gasteiger partial charge in [-0.3, -0.25) is 13.9 Å². The van der Waals surface area contributed by atoms with E-state index in [1.807, 2.05) is 30.3 Å². The summed E-state index contributed by atoms with van der Waals surface area (Å²) in [5, 5.41) is 3.00. The molecule has 1 atom stereocenters. The van der Waals surface area contributed by atoms with Crippen molar-refractivity contribution in [3.8, 4) is 5.75 Å². The monoisotopic (exact) mass is 625 g/mol. The molecule has 2 amide bonds. The van der Waals surface area contributed by atoms with Gasteiger partial charge < -0.3 is 15.0 Å². The second kappa shape index (κ2) is 14.1. The first-order valence-electron chi connectivity index (χ1n) is 12.3. The van der Waals surface area contributed by atoms with Gasteiger partial charge in [0.15, 0.2) is 0 Å². The highest BCUT2D eigenvalue weighted by atomic mass is 35.5. The molecule has 3 aromatic rings. The molecule has 0 aliphatic rings. The van der Waals surface area contributed by atoms with E-state index in [2.05, 4.69) is 5.32 Å². The lowest BCUT2D eigenvalue weighted by atomic mass is 10.0. The molecule has 12 heteroatoms. The summed E-state index contributed by atoms with van der Waals surface area (Å²) in [6, 6.07) is 18.0. The molecular weight excluding hydrogens is 597 g/mol. The first-order valence-corrected chi connectivity index (χ1v) is 15.3. The van der Waals surface area contributed by atoms with E-state index in [4.69, 9.17) is 39.5 Å². The minimum atomic E-state index is -4.02. The zero-order valence-electron chi connectivity index (χ0n) is 22.2. The SMILES string of the molecule is CCNC(=O)[C@@H](Cc1ccccc1)N(Cc1cccc(OC)c1)C(=O)CN(c1cc(Cl)c(Cl)cc1Cl)S(C)(=O)=O. The zero-order valence-corrected chi connectivity index (χ0v) is 25.3. The van der Waals surface area contributed by atoms with Crippen LogP contribution in [0.4, 0.5) is 5.69 Å². The van der Waals surface area contributed by atoms with E-state index >= 15 is 0 Å². The summed E-state index contributed by atoms with van der Waals surface area (Å²) in [6.45, 7) is 1.51. The molecular formula is C28H30Cl3N3O5S. The average molecular weight is 627 g/mol. The summed E-state index contributed by atoms with van der Waals surface area (Å²) in [6.07, 6.45) is 1.16. The van der Waals surface area contributed by atoms with Crippen LogP contribution in [-0.4, -0.2) is 57.6 Å². The van der Waals surface area contributed by atoms with Gasteiger partial charge in [0.05, 0.1) is 34.1 Å². The third kappa shape index (κ3) is 8.27. The van der Waals surface area contributed by atoms with E-state index in [1.165, 1.54) is 24.1 Å². The number of methoxy groups -OCH3 is 1. The van der Waals surface area contributed by atoms with Crippen molar-refractivity contribution in [3.05, 3.63) is 92.9 Å². The molecule has 3 aromatic carbocycles. The number of nitrogens with zero attached hydrogens (tertiary/aromatic N) is 2. The molecule has 0 radical (unpaired) electrons. The number of sulfonamides is 1. The van der Waals surface area contributed by atoms with Crippen molar-refractivity contribution in [1.29, 1.82) is 0 Å². The predicted octanol–water partition coefficient (Wildman–Crippen LogP) is 5.20. The van der Waals surface area contributed by atoms with Gasteiger partial charge in [0.25, 0.3) is 0 Å². The average Bonchev–Trinajstić information content (AvgIpc) is 2.91. The molecule has 0 fully saturated rings. The molecule has 1 N–H and O–H groups in total. The fraction of sp³-hybridized carbons (Fsp3) is 0.286. The predicted molar refractivity (Wildman–Crippen MR) is 160 cm³/mol. The number of carbonyl (C=O) groups excluding carboxylic acids is 2. The molecule has 0 spiro atoms. The fourth-order valence-corrected chi connectivity index (χ4v) is 5.66. The molecule has 0 heterocycles. The zero-order chi connectivity index (χ0) is 29.4. The lowest BCUT2D eigenvalue weighted by molar-refractivity contribution is -0.140. The summed E-state index contributed by atoms with van der Waals surface area (Å²) < 4.78 is 32.0. The maximum absolute atomic E-state index is 14.0. The Morgan fingerprint density at radius 1 is 0.925 bits per heavy atom. The van der Waals surface area contributed by atoms with Gasteiger partial charge in [-0.05, 0) is 42.3 Å². The number of rotatable bonds is 12. The molecule has 0 unspecified atom stereocenters. The van der Waals surface area contributed by atoms with Gasteiger partial charge in [0, 0.05) is 19.5 Å². The summed E-state index contributed by atoms with van der Waals surface area (Å²) >= 11 is 18.5. The van der Waals surface area contributed by atoms with Crippen LogP contribution in [0.5, 0.6) is 5.75 Å². The number of hydrogen-bond donors (Lipinski definition) is 1. The topological polar surface area (TPSA) is 96.0 Å². The van der Waals surface area contributed by atoms with E-state index in [0.717, 1.165) is 16.1 Å². The van der Waals surface area contributed by atoms with Crippen LogP contribution in [0.3, 0.4) is 0 Å². The van der Waals surface area contributed by atoms with Crippen molar-refractivity contribution < 1.29 is 22.7 Å². The van der Waals surface area contributed by atoms with E-state index in [1.54, 1.807) is 31.2 Å². The number of hydrogen-bond acceptors (Lipinski definition) is 5. The fourth-order valence-electron chi connectivity index (χ4n) is 4.11. The Morgan fingerprint density at radius 2 is 1.57 bits per heavy atom. The number of ether oxygens (including phenoxy) is 1. The highest BCUT2D eigenvalue weighted by Gasteiger charge is 2.33. The molecule has 3 rings (SSSR count). The maximum atomic E-state index is 14.0. The van der Waals surface area contributed by atoms with Crippen molar-refractivity contribution in [1.82, 2.24) is 10.2 Å². The van der Waals surface area contributed by atoms with Crippen LogP contribution in [0.15, 0.2) is 66.7 Å². The Balaban J connectivity index is 2.09. The number of carbonyl (C=O) groups is 2. The lowest BCUT2D eigenvalue weighted by Crippen LogP contribution is -2.53. The minimum Gasteiger partial charge on any atom is -0.497 e. The quantitative estimate of drug-likeness (QED) is 0.279. The van der Waals surface area contributed by atoms with Gasteiger partial charge in [-0.25, -0.2) is 8.42 Å². The van der Waals surface area contributed by atoms with Crippen LogP contribution < -0.4 is 14.4 Å². The summed E-state index contributed by atoms with van der Waals surface area (Å²) in [5.74, 6) is -0.425. The highest BCUT2D eigenvalue weighted by molar-refractivity contribution is 7.92. The Morgan fingerprint density at radius 3 is 2.20 bits per heavy atom. The van der Waals surface area contributed by atoms with E-state index in [-0.39, 0.29) is 39.6 Å². The minimum absolute atomic E-state index is 0.00321. The van der Waals surface area contributed by atoms with Crippen LogP contribution in [0.1, 0.15) is 18.1 Å². The Hall–Kier alpha value is -2.98. The maximum Gasteiger partial charge on any atom is 0.244 e. The molecule has 0 saturated heterocycles. The molecule has 40 heavy (non-hydrogen) atoms. The van der Waals surface area contributed by atoms with Crippen LogP contribution in [0.25, 0.3) is 0 Å². The number of benzene rings is 3. The van der Waals surface area contributed by atoms with Crippen LogP contribution in [0.2, 0.25) is 15.1 Å². The number of anilines is 1. The number of amides is 2. The number of likely N-dealkylation sites (N-methyl/N-ethyl adjacent to an activating group) is 1. The van der Waals surface area contributed by atoms with E-state index in [0.29, 0.717) is 17.9 Å². The highest BCUT2D eigenvalue weighted by Crippen LogP contribution is 2.35. The molecule has 8 nitrogen and oxygen atoms in total. The van der Waals surface area contributed by atoms with Gasteiger partial charge in [-0.1, -0.05) is 77.3 Å². The van der Waals surface area contributed by atoms with Gasteiger partial charge in [0.2, 0.25) is 21.8 Å². The molecule has 0 aliphatic carbocycles.